The van der Waals surface area contributed by atoms with Gasteiger partial charge in [0, 0.05) is 12.3 Å². The summed E-state index contributed by atoms with van der Waals surface area (Å²) in [5, 5.41) is 0. The molecule has 1 aliphatic rings. The van der Waals surface area contributed by atoms with Gasteiger partial charge in [0.15, 0.2) is 0 Å². The van der Waals surface area contributed by atoms with E-state index in [1.807, 2.05) is 0 Å². The minimum absolute atomic E-state index is 0.198. The molecule has 2 heterocycles. The van der Waals surface area contributed by atoms with Gasteiger partial charge in [-0.05, 0) is 18.8 Å². The van der Waals surface area contributed by atoms with Gasteiger partial charge in [0.05, 0.1) is 6.10 Å². The summed E-state index contributed by atoms with van der Waals surface area (Å²) in [5.74, 6) is 0.439. The van der Waals surface area contributed by atoms with Crippen molar-refractivity contribution in [2.24, 2.45) is 5.92 Å². The van der Waals surface area contributed by atoms with Gasteiger partial charge in [-0.15, -0.1) is 0 Å². The van der Waals surface area contributed by atoms with E-state index in [0.29, 0.717) is 5.92 Å². The molecule has 5 nitrogen and oxygen atoms in total. The Morgan fingerprint density at radius 1 is 1.56 bits per heavy atom. The molecular weight excluding hydrogens is 208 g/mol. The van der Waals surface area contributed by atoms with Crippen molar-refractivity contribution in [1.82, 2.24) is 9.55 Å². The van der Waals surface area contributed by atoms with Crippen LogP contribution in [-0.4, -0.2) is 15.7 Å². The van der Waals surface area contributed by atoms with Crippen molar-refractivity contribution in [2.45, 2.75) is 39.0 Å². The average molecular weight is 224 g/mol. The van der Waals surface area contributed by atoms with Crippen LogP contribution in [0.2, 0.25) is 0 Å². The third-order valence-electron chi connectivity index (χ3n) is 3.10. The van der Waals surface area contributed by atoms with E-state index < -0.39 is 5.69 Å². The lowest BCUT2D eigenvalue weighted by Gasteiger charge is -2.14. The Kier molecular flexibility index (Phi) is 2.96. The molecule has 2 rings (SSSR count). The monoisotopic (exact) mass is 224 g/mol. The third-order valence-corrected chi connectivity index (χ3v) is 3.10. The number of nitrogens with zero attached hydrogens (tertiary/aromatic N) is 1. The van der Waals surface area contributed by atoms with Crippen LogP contribution in [0, 0.1) is 5.92 Å². The molecule has 1 aromatic heterocycles. The van der Waals surface area contributed by atoms with Gasteiger partial charge < -0.3 is 4.74 Å². The highest BCUT2D eigenvalue weighted by molar-refractivity contribution is 4.87. The third kappa shape index (κ3) is 1.95. The largest absolute Gasteiger partial charge is 0.354 e. The van der Waals surface area contributed by atoms with Gasteiger partial charge in [-0.25, -0.2) is 4.79 Å². The quantitative estimate of drug-likeness (QED) is 0.810. The van der Waals surface area contributed by atoms with E-state index in [1.165, 1.54) is 16.8 Å². The van der Waals surface area contributed by atoms with Crippen molar-refractivity contribution >= 4 is 0 Å². The lowest BCUT2D eigenvalue weighted by molar-refractivity contribution is -0.00758. The van der Waals surface area contributed by atoms with Crippen LogP contribution in [0.5, 0.6) is 0 Å². The van der Waals surface area contributed by atoms with E-state index in [0.717, 1.165) is 12.8 Å². The fourth-order valence-electron chi connectivity index (χ4n) is 2.19. The number of hydrogen-bond donors (Lipinski definition) is 1. The van der Waals surface area contributed by atoms with Crippen LogP contribution in [0.4, 0.5) is 0 Å². The van der Waals surface area contributed by atoms with E-state index in [4.69, 9.17) is 4.74 Å². The second kappa shape index (κ2) is 4.25. The summed E-state index contributed by atoms with van der Waals surface area (Å²) < 4.78 is 7.22. The molecule has 1 N–H and O–H groups in total. The minimum Gasteiger partial charge on any atom is -0.354 e. The first-order valence-corrected chi connectivity index (χ1v) is 5.58. The Hall–Kier alpha value is -1.36. The predicted molar refractivity (Wildman–Crippen MR) is 59.3 cm³/mol. The van der Waals surface area contributed by atoms with Crippen molar-refractivity contribution < 1.29 is 4.74 Å². The summed E-state index contributed by atoms with van der Waals surface area (Å²) >= 11 is 0. The molecule has 5 heteroatoms. The van der Waals surface area contributed by atoms with Crippen LogP contribution in [0.25, 0.3) is 0 Å². The van der Waals surface area contributed by atoms with Gasteiger partial charge in [0.2, 0.25) is 0 Å². The average Bonchev–Trinajstić information content (AvgIpc) is 2.59. The summed E-state index contributed by atoms with van der Waals surface area (Å²) in [4.78, 5) is 24.7. The summed E-state index contributed by atoms with van der Waals surface area (Å²) in [6, 6.07) is 1.34. The summed E-state index contributed by atoms with van der Waals surface area (Å²) in [7, 11) is 0. The first-order chi connectivity index (χ1) is 7.61. The topological polar surface area (TPSA) is 64.1 Å². The molecular formula is C11H16N2O3. The molecule has 16 heavy (non-hydrogen) atoms. The zero-order valence-corrected chi connectivity index (χ0v) is 9.47. The van der Waals surface area contributed by atoms with Gasteiger partial charge in [-0.2, -0.15) is 0 Å². The number of aromatic nitrogens is 2. The molecule has 1 saturated heterocycles. The molecule has 3 atom stereocenters. The van der Waals surface area contributed by atoms with Gasteiger partial charge in [-0.1, -0.05) is 13.8 Å². The zero-order chi connectivity index (χ0) is 11.7. The second-order valence-electron chi connectivity index (χ2n) is 4.27. The number of nitrogens with one attached hydrogen (secondary N) is 1. The predicted octanol–water partition coefficient (Wildman–Crippen LogP) is 0.870. The Labute approximate surface area is 93.1 Å². The number of ether oxygens (including phenoxy) is 1. The maximum Gasteiger partial charge on any atom is 0.330 e. The molecule has 1 aromatic rings. The number of aromatic amines is 1. The normalized spacial score (nSPS) is 29.5. The zero-order valence-electron chi connectivity index (χ0n) is 9.47. The van der Waals surface area contributed by atoms with E-state index in [1.54, 1.807) is 0 Å². The van der Waals surface area contributed by atoms with Gasteiger partial charge >= 0.3 is 5.69 Å². The maximum absolute atomic E-state index is 11.6. The Bertz CT molecular complexity index is 477. The van der Waals surface area contributed by atoms with Gasteiger partial charge in [0.25, 0.3) is 5.56 Å². The highest BCUT2D eigenvalue weighted by Gasteiger charge is 2.32. The highest BCUT2D eigenvalue weighted by atomic mass is 16.5. The summed E-state index contributed by atoms with van der Waals surface area (Å²) in [6.45, 7) is 4.18. The van der Waals surface area contributed by atoms with Crippen molar-refractivity contribution in [3.8, 4) is 0 Å². The van der Waals surface area contributed by atoms with E-state index in [-0.39, 0.29) is 17.9 Å². The van der Waals surface area contributed by atoms with E-state index in [2.05, 4.69) is 18.8 Å². The molecule has 3 unspecified atom stereocenters. The van der Waals surface area contributed by atoms with Crippen molar-refractivity contribution in [3.63, 3.8) is 0 Å². The molecule has 0 saturated carbocycles. The minimum atomic E-state index is -0.401. The Morgan fingerprint density at radius 2 is 2.31 bits per heavy atom. The van der Waals surface area contributed by atoms with Crippen LogP contribution >= 0.6 is 0 Å². The lowest BCUT2D eigenvalue weighted by atomic mass is 10.0. The van der Waals surface area contributed by atoms with Crippen LogP contribution in [0.3, 0.4) is 0 Å². The molecule has 0 radical (unpaired) electrons. The standard InChI is InChI=1S/C11H16N2O3/c1-3-8-7(2)6-10(16-8)13-5-4-9(14)12-11(13)15/h4-5,7-8,10H,3,6H2,1-2H3,(H,12,14,15). The van der Waals surface area contributed by atoms with Crippen molar-refractivity contribution in [3.05, 3.63) is 33.1 Å². The summed E-state index contributed by atoms with van der Waals surface area (Å²) in [5.41, 5.74) is -0.777. The van der Waals surface area contributed by atoms with Gasteiger partial charge in [0.1, 0.15) is 6.23 Å². The Balaban J connectivity index is 2.27. The van der Waals surface area contributed by atoms with Crippen LogP contribution < -0.4 is 11.2 Å². The number of H-pyrrole nitrogens is 1. The fraction of sp³-hybridized carbons (Fsp3) is 0.636. The maximum atomic E-state index is 11.6. The molecule has 0 aliphatic carbocycles. The first kappa shape index (κ1) is 11.1. The van der Waals surface area contributed by atoms with Crippen LogP contribution in [0.15, 0.2) is 21.9 Å². The second-order valence-corrected chi connectivity index (χ2v) is 4.27. The SMILES string of the molecule is CCC1OC(n2ccc(=O)[nH]c2=O)CC1C. The van der Waals surface area contributed by atoms with Crippen LogP contribution in [-0.2, 0) is 4.74 Å². The molecule has 88 valence electrons. The molecule has 0 spiro atoms. The van der Waals surface area contributed by atoms with Gasteiger partial charge in [-0.3, -0.25) is 14.3 Å². The number of hydrogen-bond acceptors (Lipinski definition) is 3. The molecule has 0 aromatic carbocycles. The molecule has 0 bridgehead atoms. The van der Waals surface area contributed by atoms with Crippen molar-refractivity contribution in [2.75, 3.05) is 0 Å². The molecule has 0 amide bonds. The summed E-state index contributed by atoms with van der Waals surface area (Å²) in [6.07, 6.45) is 3.20. The first-order valence-electron chi connectivity index (χ1n) is 5.58. The lowest BCUT2D eigenvalue weighted by Crippen LogP contribution is -2.31. The van der Waals surface area contributed by atoms with E-state index in [9.17, 15) is 9.59 Å². The molecule has 1 aliphatic heterocycles. The Morgan fingerprint density at radius 3 is 2.88 bits per heavy atom. The van der Waals surface area contributed by atoms with Crippen molar-refractivity contribution in [1.29, 1.82) is 0 Å². The molecule has 1 fully saturated rings. The fourth-order valence-corrected chi connectivity index (χ4v) is 2.19. The van der Waals surface area contributed by atoms with Crippen LogP contribution in [0.1, 0.15) is 32.9 Å². The van der Waals surface area contributed by atoms with E-state index >= 15 is 0 Å². The smallest absolute Gasteiger partial charge is 0.330 e. The highest BCUT2D eigenvalue weighted by Crippen LogP contribution is 2.33. The number of rotatable bonds is 2.